The molecule has 0 aliphatic heterocycles. The first-order valence-electron chi connectivity index (χ1n) is 7.56. The quantitative estimate of drug-likeness (QED) is 0.897. The molecular weight excluding hydrogens is 316 g/mol. The Morgan fingerprint density at radius 2 is 2.04 bits per heavy atom. The predicted molar refractivity (Wildman–Crippen MR) is 87.9 cm³/mol. The maximum absolute atomic E-state index is 12.4. The van der Waals surface area contributed by atoms with Gasteiger partial charge in [0.2, 0.25) is 5.91 Å². The molecule has 6 nitrogen and oxygen atoms in total. The van der Waals surface area contributed by atoms with Crippen LogP contribution in [0.1, 0.15) is 25.7 Å². The lowest BCUT2D eigenvalue weighted by molar-refractivity contribution is -0.147. The summed E-state index contributed by atoms with van der Waals surface area (Å²) in [6.07, 6.45) is 2.92. The van der Waals surface area contributed by atoms with Crippen LogP contribution in [0, 0.1) is 11.8 Å². The highest BCUT2D eigenvalue weighted by atomic mass is 32.1. The molecule has 23 heavy (non-hydrogen) atoms. The second kappa shape index (κ2) is 6.54. The average molecular weight is 334 g/mol. The molecular formula is C16H18N2O4S. The van der Waals surface area contributed by atoms with Crippen molar-refractivity contribution in [3.63, 3.8) is 0 Å². The molecule has 1 aromatic carbocycles. The van der Waals surface area contributed by atoms with Crippen LogP contribution in [-0.2, 0) is 9.59 Å². The number of carbonyl (C=O) groups excluding carboxylic acids is 1. The third kappa shape index (κ3) is 3.29. The Hall–Kier alpha value is -2.15. The lowest BCUT2D eigenvalue weighted by Crippen LogP contribution is -2.36. The van der Waals surface area contributed by atoms with Crippen molar-refractivity contribution in [2.45, 2.75) is 25.7 Å². The number of aliphatic carboxylic acids is 1. The summed E-state index contributed by atoms with van der Waals surface area (Å²) in [5, 5.41) is 12.6. The van der Waals surface area contributed by atoms with Crippen molar-refractivity contribution in [1.29, 1.82) is 0 Å². The molecule has 1 amide bonds. The van der Waals surface area contributed by atoms with E-state index >= 15 is 0 Å². The van der Waals surface area contributed by atoms with Gasteiger partial charge in [-0.2, -0.15) is 0 Å². The van der Waals surface area contributed by atoms with Crippen molar-refractivity contribution in [3.8, 4) is 5.75 Å². The van der Waals surface area contributed by atoms with Gasteiger partial charge in [0.15, 0.2) is 5.13 Å². The molecule has 1 fully saturated rings. The van der Waals surface area contributed by atoms with Crippen molar-refractivity contribution in [3.05, 3.63) is 18.2 Å². The van der Waals surface area contributed by atoms with Crippen molar-refractivity contribution in [2.24, 2.45) is 11.8 Å². The van der Waals surface area contributed by atoms with Crippen LogP contribution in [-0.4, -0.2) is 29.1 Å². The van der Waals surface area contributed by atoms with E-state index in [1.165, 1.54) is 11.3 Å². The standard InChI is InChI=1S/C16H18N2O4S/c1-22-9-6-7-12-13(8-9)23-16(17-12)18-14(19)10-4-2-3-5-11(10)15(20)21/h6-8,10-11H,2-5H2,1H3,(H,20,21)(H,17,18,19)/t10-,11-/m1/s1. The second-order valence-corrected chi connectivity index (χ2v) is 6.71. The topological polar surface area (TPSA) is 88.5 Å². The number of nitrogens with zero attached hydrogens (tertiary/aromatic N) is 1. The highest BCUT2D eigenvalue weighted by Crippen LogP contribution is 2.33. The van der Waals surface area contributed by atoms with Crippen LogP contribution in [0.15, 0.2) is 18.2 Å². The van der Waals surface area contributed by atoms with Gasteiger partial charge in [0.25, 0.3) is 0 Å². The monoisotopic (exact) mass is 334 g/mol. The van der Waals surface area contributed by atoms with Gasteiger partial charge >= 0.3 is 5.97 Å². The first-order chi connectivity index (χ1) is 11.1. The Kier molecular flexibility index (Phi) is 4.47. The lowest BCUT2D eigenvalue weighted by atomic mass is 9.79. The highest BCUT2D eigenvalue weighted by molar-refractivity contribution is 7.22. The summed E-state index contributed by atoms with van der Waals surface area (Å²) in [6, 6.07) is 5.51. The molecule has 2 atom stereocenters. The van der Waals surface area contributed by atoms with E-state index in [2.05, 4.69) is 10.3 Å². The largest absolute Gasteiger partial charge is 0.497 e. The predicted octanol–water partition coefficient (Wildman–Crippen LogP) is 3.13. The third-order valence-electron chi connectivity index (χ3n) is 4.25. The van der Waals surface area contributed by atoms with Crippen molar-refractivity contribution in [2.75, 3.05) is 12.4 Å². The van der Waals surface area contributed by atoms with Gasteiger partial charge in [-0.15, -0.1) is 0 Å². The van der Waals surface area contributed by atoms with Crippen LogP contribution in [0.5, 0.6) is 5.75 Å². The summed E-state index contributed by atoms with van der Waals surface area (Å²) in [4.78, 5) is 28.2. The minimum Gasteiger partial charge on any atom is -0.497 e. The number of hydrogen-bond acceptors (Lipinski definition) is 5. The number of anilines is 1. The SMILES string of the molecule is COc1ccc2nc(NC(=O)[C@@H]3CCCC[C@H]3C(=O)O)sc2c1. The van der Waals surface area contributed by atoms with E-state index in [0.717, 1.165) is 28.8 Å². The first-order valence-corrected chi connectivity index (χ1v) is 8.38. The van der Waals surface area contributed by atoms with E-state index in [4.69, 9.17) is 4.74 Å². The second-order valence-electron chi connectivity index (χ2n) is 5.68. The molecule has 2 aromatic rings. The zero-order chi connectivity index (χ0) is 16.4. The molecule has 0 spiro atoms. The van der Waals surface area contributed by atoms with E-state index in [0.29, 0.717) is 18.0 Å². The van der Waals surface area contributed by atoms with Crippen LogP contribution in [0.4, 0.5) is 5.13 Å². The van der Waals surface area contributed by atoms with Gasteiger partial charge < -0.3 is 15.2 Å². The molecule has 122 valence electrons. The van der Waals surface area contributed by atoms with E-state index in [1.54, 1.807) is 7.11 Å². The number of aromatic nitrogens is 1. The normalized spacial score (nSPS) is 21.1. The third-order valence-corrected chi connectivity index (χ3v) is 5.18. The Morgan fingerprint density at radius 1 is 1.30 bits per heavy atom. The Labute approximate surface area is 137 Å². The average Bonchev–Trinajstić information content (AvgIpc) is 2.95. The van der Waals surface area contributed by atoms with Crippen LogP contribution in [0.25, 0.3) is 10.2 Å². The van der Waals surface area contributed by atoms with Crippen LogP contribution >= 0.6 is 11.3 Å². The van der Waals surface area contributed by atoms with Gasteiger partial charge in [-0.05, 0) is 31.0 Å². The van der Waals surface area contributed by atoms with Crippen molar-refractivity contribution < 1.29 is 19.4 Å². The molecule has 1 saturated carbocycles. The molecule has 0 radical (unpaired) electrons. The molecule has 1 heterocycles. The number of ether oxygens (including phenoxy) is 1. The molecule has 2 N–H and O–H groups in total. The maximum Gasteiger partial charge on any atom is 0.307 e. The number of carbonyl (C=O) groups is 2. The van der Waals surface area contributed by atoms with Gasteiger partial charge in [0.1, 0.15) is 5.75 Å². The summed E-state index contributed by atoms with van der Waals surface area (Å²) in [6.45, 7) is 0. The van der Waals surface area contributed by atoms with Crippen molar-refractivity contribution in [1.82, 2.24) is 4.98 Å². The molecule has 7 heteroatoms. The fourth-order valence-corrected chi connectivity index (χ4v) is 3.92. The Balaban J connectivity index is 1.77. The summed E-state index contributed by atoms with van der Waals surface area (Å²) < 4.78 is 6.09. The van der Waals surface area contributed by atoms with Gasteiger partial charge in [0.05, 0.1) is 29.2 Å². The fraction of sp³-hybridized carbons (Fsp3) is 0.438. The fourth-order valence-electron chi connectivity index (χ4n) is 3.02. The molecule has 1 aliphatic carbocycles. The minimum absolute atomic E-state index is 0.247. The number of rotatable bonds is 4. The van der Waals surface area contributed by atoms with E-state index in [1.807, 2.05) is 18.2 Å². The molecule has 3 rings (SSSR count). The zero-order valence-electron chi connectivity index (χ0n) is 12.7. The molecule has 1 aliphatic rings. The summed E-state index contributed by atoms with van der Waals surface area (Å²) in [7, 11) is 1.60. The molecule has 0 unspecified atom stereocenters. The van der Waals surface area contributed by atoms with E-state index in [-0.39, 0.29) is 5.91 Å². The van der Waals surface area contributed by atoms with Crippen LogP contribution < -0.4 is 10.1 Å². The highest BCUT2D eigenvalue weighted by Gasteiger charge is 2.35. The van der Waals surface area contributed by atoms with Gasteiger partial charge in [-0.3, -0.25) is 9.59 Å². The van der Waals surface area contributed by atoms with E-state index in [9.17, 15) is 14.7 Å². The van der Waals surface area contributed by atoms with Gasteiger partial charge in [-0.25, -0.2) is 4.98 Å². The summed E-state index contributed by atoms with van der Waals surface area (Å²) in [5.41, 5.74) is 0.782. The van der Waals surface area contributed by atoms with Crippen molar-refractivity contribution >= 4 is 38.6 Å². The Bertz CT molecular complexity index is 743. The number of amides is 1. The maximum atomic E-state index is 12.4. The smallest absolute Gasteiger partial charge is 0.307 e. The van der Waals surface area contributed by atoms with Crippen LogP contribution in [0.3, 0.4) is 0 Å². The minimum atomic E-state index is -0.890. The van der Waals surface area contributed by atoms with E-state index < -0.39 is 17.8 Å². The van der Waals surface area contributed by atoms with Gasteiger partial charge in [0, 0.05) is 0 Å². The zero-order valence-corrected chi connectivity index (χ0v) is 13.6. The number of carboxylic acid groups (broad SMARTS) is 1. The molecule has 1 aromatic heterocycles. The number of carboxylic acids is 1. The number of methoxy groups -OCH3 is 1. The number of thiazole rings is 1. The molecule has 0 saturated heterocycles. The van der Waals surface area contributed by atoms with Gasteiger partial charge in [-0.1, -0.05) is 24.2 Å². The number of hydrogen-bond donors (Lipinski definition) is 2. The Morgan fingerprint density at radius 3 is 2.74 bits per heavy atom. The first kappa shape index (κ1) is 15.7. The summed E-state index contributed by atoms with van der Waals surface area (Å²) >= 11 is 1.36. The molecule has 0 bridgehead atoms. The summed E-state index contributed by atoms with van der Waals surface area (Å²) in [5.74, 6) is -1.49. The lowest BCUT2D eigenvalue weighted by Gasteiger charge is -2.26. The number of fused-ring (bicyclic) bond motifs is 1. The number of nitrogens with one attached hydrogen (secondary N) is 1. The van der Waals surface area contributed by atoms with Crippen LogP contribution in [0.2, 0.25) is 0 Å². The number of benzene rings is 1.